The summed E-state index contributed by atoms with van der Waals surface area (Å²) in [7, 11) is 0. The van der Waals surface area contributed by atoms with Crippen LogP contribution in [0, 0.1) is 5.92 Å². The predicted octanol–water partition coefficient (Wildman–Crippen LogP) is 1.95. The molecule has 0 fully saturated rings. The van der Waals surface area contributed by atoms with Gasteiger partial charge in [-0.25, -0.2) is 14.8 Å². The van der Waals surface area contributed by atoms with Crippen molar-refractivity contribution in [3.63, 3.8) is 0 Å². The third-order valence-corrected chi connectivity index (χ3v) is 3.15. The van der Waals surface area contributed by atoms with Crippen LogP contribution in [0.15, 0.2) is 17.3 Å². The molecule has 0 amide bonds. The minimum atomic E-state index is -0.0879. The van der Waals surface area contributed by atoms with E-state index in [4.69, 9.17) is 0 Å². The first kappa shape index (κ1) is 11.8. The van der Waals surface area contributed by atoms with E-state index >= 15 is 0 Å². The first-order chi connectivity index (χ1) is 8.26. The number of aromatic amines is 1. The van der Waals surface area contributed by atoms with Crippen molar-refractivity contribution in [2.24, 2.45) is 5.92 Å². The number of H-pyrrole nitrogens is 1. The van der Waals surface area contributed by atoms with Gasteiger partial charge in [0, 0.05) is 6.54 Å². The van der Waals surface area contributed by atoms with Crippen molar-refractivity contribution in [1.82, 2.24) is 19.5 Å². The fourth-order valence-electron chi connectivity index (χ4n) is 2.17. The minimum Gasteiger partial charge on any atom is -0.303 e. The topological polar surface area (TPSA) is 63.6 Å². The van der Waals surface area contributed by atoms with Gasteiger partial charge in [0.25, 0.3) is 0 Å². The molecular weight excluding hydrogens is 216 g/mol. The van der Waals surface area contributed by atoms with Gasteiger partial charge in [-0.15, -0.1) is 0 Å². The second kappa shape index (κ2) is 5.12. The molecule has 0 bridgehead atoms. The Morgan fingerprint density at radius 1 is 1.47 bits per heavy atom. The van der Waals surface area contributed by atoms with Crippen LogP contribution in [-0.4, -0.2) is 19.5 Å². The lowest BCUT2D eigenvalue weighted by atomic mass is 10.0. The molecule has 5 nitrogen and oxygen atoms in total. The predicted molar refractivity (Wildman–Crippen MR) is 66.8 cm³/mol. The fourth-order valence-corrected chi connectivity index (χ4v) is 2.17. The van der Waals surface area contributed by atoms with E-state index in [1.165, 1.54) is 6.33 Å². The van der Waals surface area contributed by atoms with Crippen LogP contribution in [0.1, 0.15) is 33.1 Å². The van der Waals surface area contributed by atoms with Crippen LogP contribution in [0.25, 0.3) is 11.2 Å². The van der Waals surface area contributed by atoms with Gasteiger partial charge in [-0.3, -0.25) is 4.57 Å². The van der Waals surface area contributed by atoms with E-state index in [0.717, 1.165) is 25.8 Å². The number of aromatic nitrogens is 4. The summed E-state index contributed by atoms with van der Waals surface area (Å²) in [6, 6.07) is 0. The molecule has 1 unspecified atom stereocenters. The number of hydrogen-bond acceptors (Lipinski definition) is 3. The van der Waals surface area contributed by atoms with E-state index in [1.807, 2.05) is 0 Å². The van der Waals surface area contributed by atoms with Crippen LogP contribution in [0.3, 0.4) is 0 Å². The third-order valence-electron chi connectivity index (χ3n) is 3.15. The van der Waals surface area contributed by atoms with Crippen molar-refractivity contribution in [1.29, 1.82) is 0 Å². The SMILES string of the molecule is CCCC(CC)Cn1c(=O)[nH]c2cncnc21. The number of nitrogens with zero attached hydrogens (tertiary/aromatic N) is 3. The Hall–Kier alpha value is -1.65. The molecule has 17 heavy (non-hydrogen) atoms. The highest BCUT2D eigenvalue weighted by Gasteiger charge is 2.12. The number of imidazole rings is 1. The number of fused-ring (bicyclic) bond motifs is 1. The lowest BCUT2D eigenvalue weighted by molar-refractivity contribution is 0.398. The van der Waals surface area contributed by atoms with Gasteiger partial charge < -0.3 is 4.98 Å². The number of nitrogens with one attached hydrogen (secondary N) is 1. The Balaban J connectivity index is 2.34. The van der Waals surface area contributed by atoms with Gasteiger partial charge in [-0.2, -0.15) is 0 Å². The van der Waals surface area contributed by atoms with Crippen molar-refractivity contribution >= 4 is 11.2 Å². The monoisotopic (exact) mass is 234 g/mol. The second-order valence-electron chi connectivity index (χ2n) is 4.36. The molecule has 0 saturated heterocycles. The summed E-state index contributed by atoms with van der Waals surface area (Å²) in [5.74, 6) is 0.534. The van der Waals surface area contributed by atoms with Gasteiger partial charge in [-0.05, 0) is 12.3 Å². The van der Waals surface area contributed by atoms with Gasteiger partial charge in [-0.1, -0.05) is 26.7 Å². The lowest BCUT2D eigenvalue weighted by Gasteiger charge is -2.13. The third kappa shape index (κ3) is 2.38. The van der Waals surface area contributed by atoms with Crippen LogP contribution >= 0.6 is 0 Å². The Labute approximate surface area is 99.9 Å². The molecule has 5 heteroatoms. The van der Waals surface area contributed by atoms with E-state index in [-0.39, 0.29) is 5.69 Å². The lowest BCUT2D eigenvalue weighted by Crippen LogP contribution is -2.21. The van der Waals surface area contributed by atoms with Crippen LogP contribution in [0.4, 0.5) is 0 Å². The van der Waals surface area contributed by atoms with E-state index in [0.29, 0.717) is 17.1 Å². The highest BCUT2D eigenvalue weighted by Crippen LogP contribution is 2.14. The molecule has 2 aromatic rings. The van der Waals surface area contributed by atoms with Crippen LogP contribution in [0.5, 0.6) is 0 Å². The molecule has 2 rings (SSSR count). The molecule has 0 radical (unpaired) electrons. The highest BCUT2D eigenvalue weighted by molar-refractivity contribution is 5.68. The van der Waals surface area contributed by atoms with Crippen molar-refractivity contribution in [2.45, 2.75) is 39.7 Å². The molecular formula is C12H18N4O. The Morgan fingerprint density at radius 3 is 3.00 bits per heavy atom. The minimum absolute atomic E-state index is 0.0879. The molecule has 0 aromatic carbocycles. The maximum absolute atomic E-state index is 11.8. The molecule has 1 N–H and O–H groups in total. The van der Waals surface area contributed by atoms with Gasteiger partial charge in [0.05, 0.1) is 6.20 Å². The molecule has 2 aromatic heterocycles. The normalized spacial score (nSPS) is 13.1. The number of rotatable bonds is 5. The molecule has 0 spiro atoms. The first-order valence-corrected chi connectivity index (χ1v) is 6.14. The van der Waals surface area contributed by atoms with Crippen molar-refractivity contribution in [2.75, 3.05) is 0 Å². The summed E-state index contributed by atoms with van der Waals surface area (Å²) in [5, 5.41) is 0. The zero-order chi connectivity index (χ0) is 12.3. The average Bonchev–Trinajstić information content (AvgIpc) is 2.65. The van der Waals surface area contributed by atoms with Gasteiger partial charge >= 0.3 is 5.69 Å². The fraction of sp³-hybridized carbons (Fsp3) is 0.583. The number of hydrogen-bond donors (Lipinski definition) is 1. The Kier molecular flexibility index (Phi) is 3.56. The van der Waals surface area contributed by atoms with E-state index in [1.54, 1.807) is 10.8 Å². The van der Waals surface area contributed by atoms with Crippen molar-refractivity contribution in [3.8, 4) is 0 Å². The van der Waals surface area contributed by atoms with Crippen LogP contribution < -0.4 is 5.69 Å². The van der Waals surface area contributed by atoms with Crippen molar-refractivity contribution < 1.29 is 0 Å². The molecule has 1 atom stereocenters. The van der Waals surface area contributed by atoms with Crippen molar-refractivity contribution in [3.05, 3.63) is 23.0 Å². The molecule has 0 aliphatic heterocycles. The summed E-state index contributed by atoms with van der Waals surface area (Å²) in [4.78, 5) is 22.7. The van der Waals surface area contributed by atoms with E-state index in [2.05, 4.69) is 28.8 Å². The zero-order valence-electron chi connectivity index (χ0n) is 10.3. The molecule has 2 heterocycles. The molecule has 0 aliphatic rings. The van der Waals surface area contributed by atoms with E-state index < -0.39 is 0 Å². The summed E-state index contributed by atoms with van der Waals surface area (Å²) in [6.07, 6.45) is 6.48. The zero-order valence-corrected chi connectivity index (χ0v) is 10.3. The highest BCUT2D eigenvalue weighted by atomic mass is 16.1. The maximum Gasteiger partial charge on any atom is 0.327 e. The van der Waals surface area contributed by atoms with Gasteiger partial charge in [0.2, 0.25) is 0 Å². The average molecular weight is 234 g/mol. The maximum atomic E-state index is 11.8. The Morgan fingerprint density at radius 2 is 2.29 bits per heavy atom. The quantitative estimate of drug-likeness (QED) is 0.860. The summed E-state index contributed by atoms with van der Waals surface area (Å²) in [6.45, 7) is 5.07. The van der Waals surface area contributed by atoms with E-state index in [9.17, 15) is 4.79 Å². The molecule has 92 valence electrons. The largest absolute Gasteiger partial charge is 0.327 e. The summed E-state index contributed by atoms with van der Waals surface area (Å²) >= 11 is 0. The smallest absolute Gasteiger partial charge is 0.303 e. The van der Waals surface area contributed by atoms with Crippen LogP contribution in [0.2, 0.25) is 0 Å². The first-order valence-electron chi connectivity index (χ1n) is 6.14. The molecule has 0 aliphatic carbocycles. The van der Waals surface area contributed by atoms with Gasteiger partial charge in [0.1, 0.15) is 11.8 Å². The summed E-state index contributed by atoms with van der Waals surface area (Å²) < 4.78 is 1.72. The summed E-state index contributed by atoms with van der Waals surface area (Å²) in [5.41, 5.74) is 1.33. The second-order valence-corrected chi connectivity index (χ2v) is 4.36. The molecule has 0 saturated carbocycles. The van der Waals surface area contributed by atoms with Gasteiger partial charge in [0.15, 0.2) is 5.65 Å². The Bertz CT molecular complexity index is 543. The van der Waals surface area contributed by atoms with Crippen LogP contribution in [-0.2, 0) is 6.54 Å². The standard InChI is InChI=1S/C12H18N4O/c1-3-5-9(4-2)7-16-11-10(15-12(16)17)6-13-8-14-11/h6,8-9H,3-5,7H2,1-2H3,(H,15,17).